The van der Waals surface area contributed by atoms with Crippen LogP contribution in [-0.4, -0.2) is 16.0 Å². The average molecular weight is 292 g/mol. The summed E-state index contributed by atoms with van der Waals surface area (Å²) in [5.41, 5.74) is 2.28. The SMILES string of the molecule is O=C(NCc1ccccc1CO)c1cncc2ccccc12. The molecule has 4 nitrogen and oxygen atoms in total. The number of nitrogens with zero attached hydrogens (tertiary/aromatic N) is 1. The normalized spacial score (nSPS) is 10.6. The number of amides is 1. The van der Waals surface area contributed by atoms with E-state index in [2.05, 4.69) is 10.3 Å². The summed E-state index contributed by atoms with van der Waals surface area (Å²) in [6, 6.07) is 15.2. The zero-order chi connectivity index (χ0) is 15.4. The summed E-state index contributed by atoms with van der Waals surface area (Å²) in [6.07, 6.45) is 3.32. The van der Waals surface area contributed by atoms with Crippen molar-refractivity contribution in [2.45, 2.75) is 13.2 Å². The van der Waals surface area contributed by atoms with Crippen LogP contribution in [0.5, 0.6) is 0 Å². The van der Waals surface area contributed by atoms with Crippen molar-refractivity contribution in [2.24, 2.45) is 0 Å². The molecule has 2 N–H and O–H groups in total. The van der Waals surface area contributed by atoms with Gasteiger partial charge in [-0.2, -0.15) is 0 Å². The lowest BCUT2D eigenvalue weighted by Crippen LogP contribution is -2.23. The van der Waals surface area contributed by atoms with E-state index < -0.39 is 0 Å². The van der Waals surface area contributed by atoms with Gasteiger partial charge in [-0.25, -0.2) is 0 Å². The second kappa shape index (κ2) is 6.37. The van der Waals surface area contributed by atoms with Crippen molar-refractivity contribution in [3.8, 4) is 0 Å². The van der Waals surface area contributed by atoms with Crippen molar-refractivity contribution in [1.82, 2.24) is 10.3 Å². The van der Waals surface area contributed by atoms with Gasteiger partial charge in [-0.3, -0.25) is 9.78 Å². The molecular formula is C18H16N2O2. The van der Waals surface area contributed by atoms with E-state index in [1.807, 2.05) is 48.5 Å². The van der Waals surface area contributed by atoms with E-state index in [0.717, 1.165) is 21.9 Å². The van der Waals surface area contributed by atoms with E-state index in [4.69, 9.17) is 0 Å². The Bertz CT molecular complexity index is 810. The molecule has 1 aromatic heterocycles. The summed E-state index contributed by atoms with van der Waals surface area (Å²) in [4.78, 5) is 16.5. The maximum absolute atomic E-state index is 12.4. The molecule has 0 fully saturated rings. The van der Waals surface area contributed by atoms with E-state index >= 15 is 0 Å². The lowest BCUT2D eigenvalue weighted by molar-refractivity contribution is 0.0952. The molecule has 0 saturated carbocycles. The minimum atomic E-state index is -0.169. The van der Waals surface area contributed by atoms with Gasteiger partial charge >= 0.3 is 0 Å². The van der Waals surface area contributed by atoms with Gasteiger partial charge in [0.05, 0.1) is 12.2 Å². The standard InChI is InChI=1S/C18H16N2O2/c21-12-15-7-2-1-5-13(15)10-20-18(22)17-11-19-9-14-6-3-4-8-16(14)17/h1-9,11,21H,10,12H2,(H,20,22). The first-order valence-corrected chi connectivity index (χ1v) is 7.08. The predicted molar refractivity (Wildman–Crippen MR) is 85.3 cm³/mol. The van der Waals surface area contributed by atoms with Gasteiger partial charge in [0.25, 0.3) is 5.91 Å². The molecule has 0 aliphatic rings. The van der Waals surface area contributed by atoms with Gasteiger partial charge in [0.2, 0.25) is 0 Å². The van der Waals surface area contributed by atoms with Crippen molar-refractivity contribution in [1.29, 1.82) is 0 Å². The average Bonchev–Trinajstić information content (AvgIpc) is 2.59. The largest absolute Gasteiger partial charge is 0.392 e. The molecule has 0 spiro atoms. The first-order valence-electron chi connectivity index (χ1n) is 7.08. The topological polar surface area (TPSA) is 62.2 Å². The molecule has 0 saturated heterocycles. The minimum absolute atomic E-state index is 0.0398. The Morgan fingerprint density at radius 2 is 1.73 bits per heavy atom. The number of carbonyl (C=O) groups excluding carboxylic acids is 1. The number of benzene rings is 2. The summed E-state index contributed by atoms with van der Waals surface area (Å²) >= 11 is 0. The summed E-state index contributed by atoms with van der Waals surface area (Å²) in [5, 5.41) is 14.0. The van der Waals surface area contributed by atoms with Crippen molar-refractivity contribution in [3.63, 3.8) is 0 Å². The maximum Gasteiger partial charge on any atom is 0.253 e. The van der Waals surface area contributed by atoms with Gasteiger partial charge in [-0.05, 0) is 16.5 Å². The fourth-order valence-electron chi connectivity index (χ4n) is 2.45. The predicted octanol–water partition coefficient (Wildman–Crippen LogP) is 2.66. The molecule has 1 amide bonds. The lowest BCUT2D eigenvalue weighted by Gasteiger charge is -2.10. The van der Waals surface area contributed by atoms with Gasteiger partial charge in [0.1, 0.15) is 0 Å². The number of aliphatic hydroxyl groups is 1. The molecule has 3 rings (SSSR count). The quantitative estimate of drug-likeness (QED) is 0.777. The highest BCUT2D eigenvalue weighted by Crippen LogP contribution is 2.17. The number of hydrogen-bond acceptors (Lipinski definition) is 3. The van der Waals surface area contributed by atoms with Crippen LogP contribution in [0.3, 0.4) is 0 Å². The number of nitrogens with one attached hydrogen (secondary N) is 1. The molecule has 4 heteroatoms. The Hall–Kier alpha value is -2.72. The Kier molecular flexibility index (Phi) is 4.12. The maximum atomic E-state index is 12.4. The smallest absolute Gasteiger partial charge is 0.253 e. The number of aliphatic hydroxyl groups excluding tert-OH is 1. The zero-order valence-corrected chi connectivity index (χ0v) is 12.0. The molecule has 0 unspecified atom stereocenters. The molecule has 22 heavy (non-hydrogen) atoms. The number of rotatable bonds is 4. The Labute approximate surface area is 128 Å². The summed E-state index contributed by atoms with van der Waals surface area (Å²) in [5.74, 6) is -0.169. The van der Waals surface area contributed by atoms with Gasteiger partial charge in [0, 0.05) is 24.3 Å². The van der Waals surface area contributed by atoms with Crippen LogP contribution in [-0.2, 0) is 13.2 Å². The van der Waals surface area contributed by atoms with Crippen molar-refractivity contribution < 1.29 is 9.90 Å². The lowest BCUT2D eigenvalue weighted by atomic mass is 10.1. The fourth-order valence-corrected chi connectivity index (χ4v) is 2.45. The van der Waals surface area contributed by atoms with E-state index in [-0.39, 0.29) is 12.5 Å². The van der Waals surface area contributed by atoms with Crippen LogP contribution in [0.25, 0.3) is 10.8 Å². The molecule has 2 aromatic carbocycles. The number of pyridine rings is 1. The van der Waals surface area contributed by atoms with Crippen LogP contribution in [0.15, 0.2) is 60.9 Å². The van der Waals surface area contributed by atoms with Gasteiger partial charge in [-0.1, -0.05) is 48.5 Å². The molecule has 110 valence electrons. The highest BCUT2D eigenvalue weighted by atomic mass is 16.3. The number of aromatic nitrogens is 1. The third-order valence-corrected chi connectivity index (χ3v) is 3.64. The van der Waals surface area contributed by atoms with Crippen LogP contribution in [0.4, 0.5) is 0 Å². The van der Waals surface area contributed by atoms with Crippen molar-refractivity contribution in [2.75, 3.05) is 0 Å². The van der Waals surface area contributed by atoms with Crippen LogP contribution < -0.4 is 5.32 Å². The number of hydrogen-bond donors (Lipinski definition) is 2. The molecule has 3 aromatic rings. The van der Waals surface area contributed by atoms with Crippen molar-refractivity contribution >= 4 is 16.7 Å². The second-order valence-corrected chi connectivity index (χ2v) is 5.02. The van der Waals surface area contributed by atoms with Gasteiger partial charge in [-0.15, -0.1) is 0 Å². The minimum Gasteiger partial charge on any atom is -0.392 e. The third kappa shape index (κ3) is 2.82. The highest BCUT2D eigenvalue weighted by Gasteiger charge is 2.10. The second-order valence-electron chi connectivity index (χ2n) is 5.02. The Balaban J connectivity index is 1.82. The van der Waals surface area contributed by atoms with Gasteiger partial charge in [0.15, 0.2) is 0 Å². The Morgan fingerprint density at radius 3 is 2.55 bits per heavy atom. The summed E-state index contributed by atoms with van der Waals surface area (Å²) < 4.78 is 0. The monoisotopic (exact) mass is 292 g/mol. The molecule has 0 atom stereocenters. The van der Waals surface area contributed by atoms with Gasteiger partial charge < -0.3 is 10.4 Å². The summed E-state index contributed by atoms with van der Waals surface area (Å²) in [7, 11) is 0. The van der Waals surface area contributed by atoms with Crippen LogP contribution in [0.1, 0.15) is 21.5 Å². The van der Waals surface area contributed by atoms with E-state index in [0.29, 0.717) is 12.1 Å². The number of carbonyl (C=O) groups is 1. The van der Waals surface area contributed by atoms with E-state index in [1.165, 1.54) is 0 Å². The Morgan fingerprint density at radius 1 is 1.00 bits per heavy atom. The van der Waals surface area contributed by atoms with Crippen LogP contribution in [0.2, 0.25) is 0 Å². The van der Waals surface area contributed by atoms with E-state index in [9.17, 15) is 9.90 Å². The van der Waals surface area contributed by atoms with Crippen LogP contribution >= 0.6 is 0 Å². The zero-order valence-electron chi connectivity index (χ0n) is 12.0. The van der Waals surface area contributed by atoms with Crippen molar-refractivity contribution in [3.05, 3.63) is 77.6 Å². The molecule has 0 radical (unpaired) electrons. The molecule has 0 aliphatic heterocycles. The van der Waals surface area contributed by atoms with E-state index in [1.54, 1.807) is 12.4 Å². The number of fused-ring (bicyclic) bond motifs is 1. The third-order valence-electron chi connectivity index (χ3n) is 3.64. The molecule has 0 aliphatic carbocycles. The first kappa shape index (κ1) is 14.2. The molecule has 0 bridgehead atoms. The van der Waals surface area contributed by atoms with Crippen LogP contribution in [0, 0.1) is 0 Å². The highest BCUT2D eigenvalue weighted by molar-refractivity contribution is 6.06. The molecule has 1 heterocycles. The fraction of sp³-hybridized carbons (Fsp3) is 0.111. The first-order chi connectivity index (χ1) is 10.8. The molecular weight excluding hydrogens is 276 g/mol. The summed E-state index contributed by atoms with van der Waals surface area (Å²) in [6.45, 7) is 0.334.